The van der Waals surface area contributed by atoms with Gasteiger partial charge in [-0.15, -0.1) is 0 Å². The second kappa shape index (κ2) is 8.78. The third-order valence-corrected chi connectivity index (χ3v) is 6.44. The first-order valence-corrected chi connectivity index (χ1v) is 12.0. The van der Waals surface area contributed by atoms with Crippen LogP contribution in [0.1, 0.15) is 43.2 Å². The van der Waals surface area contributed by atoms with Crippen molar-refractivity contribution in [3.8, 4) is 11.5 Å². The summed E-state index contributed by atoms with van der Waals surface area (Å²) in [5, 5.41) is 9.77. The molecule has 0 spiro atoms. The van der Waals surface area contributed by atoms with E-state index < -0.39 is 10.0 Å². The van der Waals surface area contributed by atoms with Crippen LogP contribution in [0, 0.1) is 0 Å². The molecule has 4 rings (SSSR count). The Labute approximate surface area is 192 Å². The van der Waals surface area contributed by atoms with Gasteiger partial charge in [0.2, 0.25) is 0 Å². The summed E-state index contributed by atoms with van der Waals surface area (Å²) in [6, 6.07) is 12.4. The Hall–Kier alpha value is -3.53. The second-order valence-corrected chi connectivity index (χ2v) is 10.4. The number of hydrogen-bond donors (Lipinski definition) is 3. The number of fused-ring (bicyclic) bond motifs is 1. The van der Waals surface area contributed by atoms with E-state index in [2.05, 4.69) is 20.2 Å². The van der Waals surface area contributed by atoms with Gasteiger partial charge in [-0.1, -0.05) is 20.8 Å². The van der Waals surface area contributed by atoms with E-state index in [1.54, 1.807) is 24.3 Å². The molecule has 9 nitrogen and oxygen atoms in total. The molecule has 0 saturated carbocycles. The Kier molecular flexibility index (Phi) is 6.03. The van der Waals surface area contributed by atoms with Gasteiger partial charge in [0.1, 0.15) is 0 Å². The second-order valence-electron chi connectivity index (χ2n) is 8.71. The predicted molar refractivity (Wildman–Crippen MR) is 125 cm³/mol. The van der Waals surface area contributed by atoms with E-state index in [1.165, 1.54) is 24.3 Å². The third kappa shape index (κ3) is 5.28. The number of carbonyl (C=O) groups excluding carboxylic acids is 1. The van der Waals surface area contributed by atoms with Gasteiger partial charge in [0.05, 0.1) is 18.1 Å². The first kappa shape index (κ1) is 22.7. The standard InChI is InChI=1S/C23H26N4O5S/c1-23(2,3)20-14-21(26-25-20)24-22(28)15-5-7-16(8-6-15)27-33(29,30)17-9-10-18-19(13-17)32-12-4-11-31-18/h5-10,13-14,27H,4,11-12H2,1-3H3,(H2,24,25,26,28). The summed E-state index contributed by atoms with van der Waals surface area (Å²) in [5.41, 5.74) is 1.48. The van der Waals surface area contributed by atoms with Crippen LogP contribution in [0.3, 0.4) is 0 Å². The fourth-order valence-corrected chi connectivity index (χ4v) is 4.25. The van der Waals surface area contributed by atoms with Crippen LogP contribution < -0.4 is 19.5 Å². The quantitative estimate of drug-likeness (QED) is 0.519. The lowest BCUT2D eigenvalue weighted by molar-refractivity contribution is 0.102. The van der Waals surface area contributed by atoms with Crippen molar-refractivity contribution >= 4 is 27.4 Å². The van der Waals surface area contributed by atoms with Crippen molar-refractivity contribution in [2.24, 2.45) is 0 Å². The summed E-state index contributed by atoms with van der Waals surface area (Å²) in [6.45, 7) is 7.10. The van der Waals surface area contributed by atoms with Crippen molar-refractivity contribution < 1.29 is 22.7 Å². The minimum atomic E-state index is -3.85. The lowest BCUT2D eigenvalue weighted by atomic mass is 9.92. The highest BCUT2D eigenvalue weighted by molar-refractivity contribution is 7.92. The minimum Gasteiger partial charge on any atom is -0.490 e. The van der Waals surface area contributed by atoms with E-state index in [4.69, 9.17) is 9.47 Å². The molecular formula is C23H26N4O5S. The molecule has 2 aromatic carbocycles. The molecule has 0 bridgehead atoms. The first-order chi connectivity index (χ1) is 15.6. The molecule has 0 aliphatic carbocycles. The van der Waals surface area contributed by atoms with Crippen LogP contribution in [-0.4, -0.2) is 37.7 Å². The van der Waals surface area contributed by atoms with Gasteiger partial charge in [-0.3, -0.25) is 14.6 Å². The van der Waals surface area contributed by atoms with E-state index in [9.17, 15) is 13.2 Å². The number of carbonyl (C=O) groups is 1. The first-order valence-electron chi connectivity index (χ1n) is 10.5. The minimum absolute atomic E-state index is 0.0572. The van der Waals surface area contributed by atoms with Crippen LogP contribution in [-0.2, 0) is 15.4 Å². The molecule has 1 aliphatic rings. The van der Waals surface area contributed by atoms with Gasteiger partial charge >= 0.3 is 0 Å². The Balaban J connectivity index is 1.44. The van der Waals surface area contributed by atoms with Crippen molar-refractivity contribution in [2.45, 2.75) is 37.5 Å². The van der Waals surface area contributed by atoms with E-state index in [0.29, 0.717) is 41.8 Å². The molecule has 0 atom stereocenters. The van der Waals surface area contributed by atoms with Crippen molar-refractivity contribution in [2.75, 3.05) is 23.3 Å². The highest BCUT2D eigenvalue weighted by Crippen LogP contribution is 2.32. The molecule has 1 aliphatic heterocycles. The number of H-pyrrole nitrogens is 1. The normalized spacial score (nSPS) is 13.8. The van der Waals surface area contributed by atoms with E-state index in [-0.39, 0.29) is 16.2 Å². The Morgan fingerprint density at radius 3 is 2.36 bits per heavy atom. The van der Waals surface area contributed by atoms with E-state index >= 15 is 0 Å². The fourth-order valence-electron chi connectivity index (χ4n) is 3.17. The maximum Gasteiger partial charge on any atom is 0.262 e. The molecular weight excluding hydrogens is 444 g/mol. The number of hydrogen-bond acceptors (Lipinski definition) is 6. The van der Waals surface area contributed by atoms with Crippen LogP contribution in [0.5, 0.6) is 11.5 Å². The van der Waals surface area contributed by atoms with Gasteiger partial charge in [0.15, 0.2) is 17.3 Å². The average Bonchev–Trinajstić information content (AvgIpc) is 3.11. The Bertz CT molecular complexity index is 1260. The maximum absolute atomic E-state index is 12.8. The molecule has 0 unspecified atom stereocenters. The number of ether oxygens (including phenoxy) is 2. The highest BCUT2D eigenvalue weighted by atomic mass is 32.2. The molecule has 1 amide bonds. The molecule has 3 aromatic rings. The van der Waals surface area contributed by atoms with Gasteiger partial charge in [-0.25, -0.2) is 8.42 Å². The van der Waals surface area contributed by atoms with Gasteiger partial charge in [0, 0.05) is 40.9 Å². The van der Waals surface area contributed by atoms with Crippen LogP contribution in [0.15, 0.2) is 53.4 Å². The molecule has 2 heterocycles. The van der Waals surface area contributed by atoms with Gasteiger partial charge in [-0.05, 0) is 36.4 Å². The zero-order chi connectivity index (χ0) is 23.6. The summed E-state index contributed by atoms with van der Waals surface area (Å²) in [5.74, 6) is 0.993. The maximum atomic E-state index is 12.8. The molecule has 1 aromatic heterocycles. The SMILES string of the molecule is CC(C)(C)c1cc(NC(=O)c2ccc(NS(=O)(=O)c3ccc4c(c3)OCCCO4)cc2)n[nH]1. The van der Waals surface area contributed by atoms with Crippen LogP contribution >= 0.6 is 0 Å². The summed E-state index contributed by atoms with van der Waals surface area (Å²) in [4.78, 5) is 12.6. The van der Waals surface area contributed by atoms with Crippen LogP contribution in [0.4, 0.5) is 11.5 Å². The lowest BCUT2D eigenvalue weighted by Crippen LogP contribution is -2.14. The molecule has 0 radical (unpaired) electrons. The molecule has 3 N–H and O–H groups in total. The van der Waals surface area contributed by atoms with Crippen molar-refractivity contribution in [1.29, 1.82) is 0 Å². The van der Waals surface area contributed by atoms with Gasteiger partial charge in [-0.2, -0.15) is 5.10 Å². The van der Waals surface area contributed by atoms with Crippen LogP contribution in [0.2, 0.25) is 0 Å². The topological polar surface area (TPSA) is 122 Å². The van der Waals surface area contributed by atoms with Gasteiger partial charge in [0.25, 0.3) is 15.9 Å². The zero-order valence-electron chi connectivity index (χ0n) is 18.6. The van der Waals surface area contributed by atoms with Crippen molar-refractivity contribution in [3.05, 3.63) is 59.8 Å². The van der Waals surface area contributed by atoms with E-state index in [0.717, 1.165) is 12.1 Å². The Morgan fingerprint density at radius 1 is 1.00 bits per heavy atom. The van der Waals surface area contributed by atoms with Crippen LogP contribution in [0.25, 0.3) is 0 Å². The molecule has 10 heteroatoms. The number of aromatic amines is 1. The highest BCUT2D eigenvalue weighted by Gasteiger charge is 2.20. The summed E-state index contributed by atoms with van der Waals surface area (Å²) >= 11 is 0. The van der Waals surface area contributed by atoms with Crippen molar-refractivity contribution in [1.82, 2.24) is 10.2 Å². The lowest BCUT2D eigenvalue weighted by Gasteiger charge is -2.14. The summed E-state index contributed by atoms with van der Waals surface area (Å²) in [6.07, 6.45) is 0.729. The fraction of sp³-hybridized carbons (Fsp3) is 0.304. The monoisotopic (exact) mass is 470 g/mol. The number of amides is 1. The smallest absolute Gasteiger partial charge is 0.262 e. The number of benzene rings is 2. The van der Waals surface area contributed by atoms with Gasteiger partial charge < -0.3 is 14.8 Å². The van der Waals surface area contributed by atoms with E-state index in [1.807, 2.05) is 20.8 Å². The largest absolute Gasteiger partial charge is 0.490 e. The zero-order valence-corrected chi connectivity index (χ0v) is 19.5. The number of sulfonamides is 1. The predicted octanol–water partition coefficient (Wildman–Crippen LogP) is 3.92. The number of rotatable bonds is 5. The molecule has 33 heavy (non-hydrogen) atoms. The summed E-state index contributed by atoms with van der Waals surface area (Å²) in [7, 11) is -3.85. The number of anilines is 2. The third-order valence-electron chi connectivity index (χ3n) is 5.06. The molecule has 174 valence electrons. The Morgan fingerprint density at radius 2 is 1.70 bits per heavy atom. The van der Waals surface area contributed by atoms with Crippen molar-refractivity contribution in [3.63, 3.8) is 0 Å². The summed E-state index contributed by atoms with van der Waals surface area (Å²) < 4.78 is 39.3. The average molecular weight is 471 g/mol. The number of aromatic nitrogens is 2. The number of nitrogens with one attached hydrogen (secondary N) is 3. The molecule has 0 fully saturated rings. The molecule has 0 saturated heterocycles. The number of nitrogens with zero attached hydrogens (tertiary/aromatic N) is 1.